The molecule has 4 rings (SSSR count). The Morgan fingerprint density at radius 3 is 2.39 bits per heavy atom. The highest BCUT2D eigenvalue weighted by Crippen LogP contribution is 2.41. The SMILES string of the molecule is CCOC(=O)Cn1c(=O)n(C)c2c(-c3cc(F)c(OCc4ccccc4)c(OC)c3)cc(C(F)(F)F)cc21. The van der Waals surface area contributed by atoms with Gasteiger partial charge in [-0.05, 0) is 42.3 Å². The molecule has 38 heavy (non-hydrogen) atoms. The van der Waals surface area contributed by atoms with E-state index in [2.05, 4.69) is 0 Å². The summed E-state index contributed by atoms with van der Waals surface area (Å²) in [6, 6.07) is 13.0. The van der Waals surface area contributed by atoms with E-state index >= 15 is 4.39 Å². The molecule has 1 aromatic heterocycles. The molecule has 0 saturated carbocycles. The topological polar surface area (TPSA) is 71.7 Å². The molecule has 0 N–H and O–H groups in total. The lowest BCUT2D eigenvalue weighted by Crippen LogP contribution is -2.26. The number of carbonyl (C=O) groups excluding carboxylic acids is 1. The molecule has 7 nitrogen and oxygen atoms in total. The second kappa shape index (κ2) is 10.6. The van der Waals surface area contributed by atoms with E-state index in [9.17, 15) is 22.8 Å². The Morgan fingerprint density at radius 1 is 1.05 bits per heavy atom. The first-order valence-corrected chi connectivity index (χ1v) is 11.6. The average Bonchev–Trinajstić information content (AvgIpc) is 3.12. The lowest BCUT2D eigenvalue weighted by Gasteiger charge is -2.16. The molecule has 0 amide bonds. The van der Waals surface area contributed by atoms with E-state index in [1.54, 1.807) is 31.2 Å². The molecule has 0 fully saturated rings. The predicted molar refractivity (Wildman–Crippen MR) is 132 cm³/mol. The molecule has 200 valence electrons. The summed E-state index contributed by atoms with van der Waals surface area (Å²) in [6.07, 6.45) is -4.79. The van der Waals surface area contributed by atoms with Crippen molar-refractivity contribution in [1.82, 2.24) is 9.13 Å². The second-order valence-corrected chi connectivity index (χ2v) is 8.39. The van der Waals surface area contributed by atoms with Crippen molar-refractivity contribution in [3.05, 3.63) is 82.0 Å². The molecule has 11 heteroatoms. The minimum Gasteiger partial charge on any atom is -0.493 e. The maximum absolute atomic E-state index is 15.3. The first kappa shape index (κ1) is 26.8. The molecule has 0 spiro atoms. The Hall–Kier alpha value is -4.28. The van der Waals surface area contributed by atoms with Crippen LogP contribution >= 0.6 is 0 Å². The number of methoxy groups -OCH3 is 1. The summed E-state index contributed by atoms with van der Waals surface area (Å²) in [6.45, 7) is 1.05. The highest BCUT2D eigenvalue weighted by atomic mass is 19.4. The van der Waals surface area contributed by atoms with Gasteiger partial charge in [-0.15, -0.1) is 0 Å². The Balaban J connectivity index is 1.89. The van der Waals surface area contributed by atoms with Crippen LogP contribution < -0.4 is 15.2 Å². The van der Waals surface area contributed by atoms with Crippen molar-refractivity contribution >= 4 is 17.0 Å². The number of esters is 1. The minimum absolute atomic E-state index is 0.0198. The van der Waals surface area contributed by atoms with E-state index in [0.29, 0.717) is 0 Å². The van der Waals surface area contributed by atoms with Crippen LogP contribution in [-0.4, -0.2) is 28.8 Å². The molecular formula is C27H24F4N2O5. The van der Waals surface area contributed by atoms with Crippen molar-refractivity contribution in [1.29, 1.82) is 0 Å². The van der Waals surface area contributed by atoms with Gasteiger partial charge in [-0.1, -0.05) is 30.3 Å². The van der Waals surface area contributed by atoms with Gasteiger partial charge in [-0.3, -0.25) is 13.9 Å². The minimum atomic E-state index is -4.79. The average molecular weight is 532 g/mol. The molecule has 4 aromatic rings. The fourth-order valence-electron chi connectivity index (χ4n) is 4.17. The van der Waals surface area contributed by atoms with Gasteiger partial charge >= 0.3 is 17.8 Å². The van der Waals surface area contributed by atoms with Crippen LogP contribution in [0, 0.1) is 5.82 Å². The monoisotopic (exact) mass is 532 g/mol. The van der Waals surface area contributed by atoms with Crippen molar-refractivity contribution < 1.29 is 36.6 Å². The Bertz CT molecular complexity index is 1540. The number of aromatic nitrogens is 2. The normalized spacial score (nSPS) is 11.6. The number of carbonyl (C=O) groups is 1. The zero-order valence-corrected chi connectivity index (χ0v) is 20.8. The maximum Gasteiger partial charge on any atom is 0.416 e. The standard InChI is InChI=1S/C27H24F4N2O5/c1-4-37-23(34)14-33-21-13-18(27(29,30)31)12-19(24(21)32(2)26(33)35)17-10-20(28)25(22(11-17)36-3)38-15-16-8-6-5-7-9-16/h5-13H,4,14-15H2,1-3H3. The number of imidazole rings is 1. The van der Waals surface area contributed by atoms with Gasteiger partial charge in [0, 0.05) is 12.6 Å². The molecule has 0 bridgehead atoms. The van der Waals surface area contributed by atoms with E-state index in [4.69, 9.17) is 14.2 Å². The van der Waals surface area contributed by atoms with Crippen LogP contribution in [0.25, 0.3) is 22.2 Å². The fourth-order valence-corrected chi connectivity index (χ4v) is 4.17. The number of ether oxygens (including phenoxy) is 3. The molecule has 0 atom stereocenters. The zero-order valence-electron chi connectivity index (χ0n) is 20.8. The summed E-state index contributed by atoms with van der Waals surface area (Å²) in [4.78, 5) is 25.0. The van der Waals surface area contributed by atoms with Crippen molar-refractivity contribution in [2.45, 2.75) is 26.3 Å². The van der Waals surface area contributed by atoms with E-state index < -0.39 is 35.8 Å². The number of fused-ring (bicyclic) bond motifs is 1. The van der Waals surface area contributed by atoms with Crippen LogP contribution in [0.4, 0.5) is 17.6 Å². The summed E-state index contributed by atoms with van der Waals surface area (Å²) in [5, 5.41) is 0. The van der Waals surface area contributed by atoms with Gasteiger partial charge < -0.3 is 14.2 Å². The lowest BCUT2D eigenvalue weighted by molar-refractivity contribution is -0.143. The Kier molecular flexibility index (Phi) is 7.47. The third kappa shape index (κ3) is 5.22. The van der Waals surface area contributed by atoms with Gasteiger partial charge in [0.05, 0.1) is 30.3 Å². The van der Waals surface area contributed by atoms with E-state index in [-0.39, 0.29) is 46.9 Å². The van der Waals surface area contributed by atoms with Crippen molar-refractivity contribution in [3.63, 3.8) is 0 Å². The molecule has 0 aliphatic heterocycles. The van der Waals surface area contributed by atoms with E-state index in [1.165, 1.54) is 20.2 Å². The van der Waals surface area contributed by atoms with Crippen LogP contribution in [0.5, 0.6) is 11.5 Å². The summed E-state index contributed by atoms with van der Waals surface area (Å²) in [5.41, 5.74) is -1.17. The molecule has 1 heterocycles. The molecular weight excluding hydrogens is 508 g/mol. The summed E-state index contributed by atoms with van der Waals surface area (Å²) < 4.78 is 74.7. The van der Waals surface area contributed by atoms with Crippen molar-refractivity contribution in [3.8, 4) is 22.6 Å². The van der Waals surface area contributed by atoms with Crippen LogP contribution in [0.1, 0.15) is 18.1 Å². The van der Waals surface area contributed by atoms with Crippen molar-refractivity contribution in [2.75, 3.05) is 13.7 Å². The van der Waals surface area contributed by atoms with Gasteiger partial charge in [0.15, 0.2) is 17.3 Å². The molecule has 3 aromatic carbocycles. The number of nitrogens with zero attached hydrogens (tertiary/aromatic N) is 2. The number of hydrogen-bond donors (Lipinski definition) is 0. The summed E-state index contributed by atoms with van der Waals surface area (Å²) in [5.74, 6) is -1.90. The van der Waals surface area contributed by atoms with E-state index in [0.717, 1.165) is 32.9 Å². The van der Waals surface area contributed by atoms with Gasteiger partial charge in [0.2, 0.25) is 0 Å². The quantitative estimate of drug-likeness (QED) is 0.227. The second-order valence-electron chi connectivity index (χ2n) is 8.39. The number of aryl methyl sites for hydroxylation is 1. The third-order valence-electron chi connectivity index (χ3n) is 5.92. The third-order valence-corrected chi connectivity index (χ3v) is 5.92. The van der Waals surface area contributed by atoms with Crippen LogP contribution in [0.2, 0.25) is 0 Å². The fraction of sp³-hybridized carbons (Fsp3) is 0.259. The molecule has 0 radical (unpaired) electrons. The maximum atomic E-state index is 15.3. The van der Waals surface area contributed by atoms with Crippen LogP contribution in [0.15, 0.2) is 59.4 Å². The van der Waals surface area contributed by atoms with Crippen LogP contribution in [-0.2, 0) is 35.9 Å². The zero-order chi connectivity index (χ0) is 27.6. The predicted octanol–water partition coefficient (Wildman–Crippen LogP) is 5.32. The Morgan fingerprint density at radius 2 is 1.76 bits per heavy atom. The van der Waals surface area contributed by atoms with Gasteiger partial charge in [-0.2, -0.15) is 13.2 Å². The smallest absolute Gasteiger partial charge is 0.416 e. The van der Waals surface area contributed by atoms with Gasteiger partial charge in [0.1, 0.15) is 13.2 Å². The summed E-state index contributed by atoms with van der Waals surface area (Å²) in [7, 11) is 2.63. The highest BCUT2D eigenvalue weighted by Gasteiger charge is 2.33. The molecule has 0 aliphatic carbocycles. The lowest BCUT2D eigenvalue weighted by atomic mass is 9.99. The number of benzene rings is 3. The van der Waals surface area contributed by atoms with Crippen LogP contribution in [0.3, 0.4) is 0 Å². The van der Waals surface area contributed by atoms with Crippen molar-refractivity contribution in [2.24, 2.45) is 7.05 Å². The van der Waals surface area contributed by atoms with Gasteiger partial charge in [-0.25, -0.2) is 9.18 Å². The van der Waals surface area contributed by atoms with E-state index in [1.807, 2.05) is 6.07 Å². The first-order chi connectivity index (χ1) is 18.0. The molecule has 0 unspecified atom stereocenters. The Labute approximate surface area is 214 Å². The number of hydrogen-bond acceptors (Lipinski definition) is 5. The molecule has 0 saturated heterocycles. The van der Waals surface area contributed by atoms with Gasteiger partial charge in [0.25, 0.3) is 0 Å². The number of halogens is 4. The number of rotatable bonds is 8. The highest BCUT2D eigenvalue weighted by molar-refractivity contribution is 5.94. The largest absolute Gasteiger partial charge is 0.493 e. The number of alkyl halides is 3. The first-order valence-electron chi connectivity index (χ1n) is 11.6. The molecule has 0 aliphatic rings. The summed E-state index contributed by atoms with van der Waals surface area (Å²) >= 11 is 0.